The summed E-state index contributed by atoms with van der Waals surface area (Å²) in [4.78, 5) is 2.38. The Morgan fingerprint density at radius 3 is 2.56 bits per heavy atom. The maximum absolute atomic E-state index is 6.55. The standard InChI is InChI=1S/C21H26BrClN2O2/c1-3-27-21-11-15(17(22)13-20(21)26-2)14-24-16-7-8-19(18(23)12-16)25-9-5-4-6-10-25/h7-8,11-13,24H,3-6,9-10,14H2,1-2H3. The summed E-state index contributed by atoms with van der Waals surface area (Å²) in [5.41, 5.74) is 3.23. The van der Waals surface area contributed by atoms with Gasteiger partial charge in [0.2, 0.25) is 0 Å². The van der Waals surface area contributed by atoms with E-state index in [1.165, 1.54) is 19.3 Å². The summed E-state index contributed by atoms with van der Waals surface area (Å²) < 4.78 is 12.0. The van der Waals surface area contributed by atoms with Crippen LogP contribution < -0.4 is 19.7 Å². The third kappa shape index (κ3) is 5.02. The van der Waals surface area contributed by atoms with E-state index in [0.717, 1.165) is 51.0 Å². The fourth-order valence-electron chi connectivity index (χ4n) is 3.35. The van der Waals surface area contributed by atoms with Crippen LogP contribution in [0.25, 0.3) is 0 Å². The first-order chi connectivity index (χ1) is 13.1. The lowest BCUT2D eigenvalue weighted by molar-refractivity contribution is 0.310. The van der Waals surface area contributed by atoms with Crippen LogP contribution in [0.1, 0.15) is 31.7 Å². The van der Waals surface area contributed by atoms with Crippen LogP contribution in [-0.4, -0.2) is 26.8 Å². The average Bonchev–Trinajstić information content (AvgIpc) is 2.69. The molecule has 3 rings (SSSR count). The molecule has 1 heterocycles. The van der Waals surface area contributed by atoms with Crippen molar-refractivity contribution >= 4 is 38.9 Å². The van der Waals surface area contributed by atoms with Gasteiger partial charge < -0.3 is 19.7 Å². The van der Waals surface area contributed by atoms with Crippen molar-refractivity contribution in [3.63, 3.8) is 0 Å². The molecule has 0 saturated carbocycles. The van der Waals surface area contributed by atoms with Crippen LogP contribution in [0.4, 0.5) is 11.4 Å². The number of methoxy groups -OCH3 is 1. The van der Waals surface area contributed by atoms with Gasteiger partial charge in [-0.05, 0) is 62.1 Å². The van der Waals surface area contributed by atoms with Crippen molar-refractivity contribution in [3.8, 4) is 11.5 Å². The molecule has 27 heavy (non-hydrogen) atoms. The first-order valence-electron chi connectivity index (χ1n) is 9.40. The van der Waals surface area contributed by atoms with E-state index in [0.29, 0.717) is 13.2 Å². The Kier molecular flexibility index (Phi) is 7.13. The molecule has 1 fully saturated rings. The second-order valence-electron chi connectivity index (χ2n) is 6.59. The van der Waals surface area contributed by atoms with Crippen molar-refractivity contribution in [2.75, 3.05) is 37.0 Å². The van der Waals surface area contributed by atoms with E-state index >= 15 is 0 Å². The molecule has 2 aromatic carbocycles. The molecule has 6 heteroatoms. The van der Waals surface area contributed by atoms with Gasteiger partial charge in [-0.15, -0.1) is 0 Å². The Labute approximate surface area is 174 Å². The van der Waals surface area contributed by atoms with Crippen molar-refractivity contribution in [1.29, 1.82) is 0 Å². The fourth-order valence-corrected chi connectivity index (χ4v) is 4.11. The SMILES string of the molecule is CCOc1cc(CNc2ccc(N3CCCCC3)c(Cl)c2)c(Br)cc1OC. The van der Waals surface area contributed by atoms with E-state index in [2.05, 4.69) is 38.3 Å². The van der Waals surface area contributed by atoms with Crippen LogP contribution in [0.15, 0.2) is 34.8 Å². The van der Waals surface area contributed by atoms with Gasteiger partial charge in [0.15, 0.2) is 11.5 Å². The predicted molar refractivity (Wildman–Crippen MR) is 117 cm³/mol. The maximum atomic E-state index is 6.55. The van der Waals surface area contributed by atoms with Crippen molar-refractivity contribution < 1.29 is 9.47 Å². The fraction of sp³-hybridized carbons (Fsp3) is 0.429. The molecule has 1 aliphatic heterocycles. The van der Waals surface area contributed by atoms with Crippen molar-refractivity contribution in [1.82, 2.24) is 0 Å². The first-order valence-corrected chi connectivity index (χ1v) is 10.6. The zero-order chi connectivity index (χ0) is 19.2. The van der Waals surface area contributed by atoms with Crippen LogP contribution in [0.2, 0.25) is 5.02 Å². The van der Waals surface area contributed by atoms with Crippen LogP contribution in [-0.2, 0) is 6.54 Å². The van der Waals surface area contributed by atoms with E-state index < -0.39 is 0 Å². The Morgan fingerprint density at radius 1 is 1.11 bits per heavy atom. The van der Waals surface area contributed by atoms with E-state index in [1.807, 2.05) is 25.1 Å². The van der Waals surface area contributed by atoms with Crippen LogP contribution in [0.5, 0.6) is 11.5 Å². The Morgan fingerprint density at radius 2 is 1.89 bits per heavy atom. The number of nitrogens with one attached hydrogen (secondary N) is 1. The third-order valence-corrected chi connectivity index (χ3v) is 5.80. The Bertz CT molecular complexity index is 779. The minimum Gasteiger partial charge on any atom is -0.493 e. The second-order valence-corrected chi connectivity index (χ2v) is 7.86. The summed E-state index contributed by atoms with van der Waals surface area (Å²) in [6.45, 7) is 5.39. The average molecular weight is 454 g/mol. The van der Waals surface area contributed by atoms with Gasteiger partial charge in [0, 0.05) is 29.8 Å². The lowest BCUT2D eigenvalue weighted by Crippen LogP contribution is -2.29. The van der Waals surface area contributed by atoms with E-state index in [1.54, 1.807) is 7.11 Å². The van der Waals surface area contributed by atoms with Crippen LogP contribution >= 0.6 is 27.5 Å². The molecule has 0 spiro atoms. The molecule has 0 unspecified atom stereocenters. The monoisotopic (exact) mass is 452 g/mol. The molecule has 146 valence electrons. The number of piperidine rings is 1. The van der Waals surface area contributed by atoms with Gasteiger partial charge in [-0.3, -0.25) is 0 Å². The zero-order valence-corrected chi connectivity index (χ0v) is 18.2. The highest BCUT2D eigenvalue weighted by Crippen LogP contribution is 2.35. The molecule has 0 radical (unpaired) electrons. The second kappa shape index (κ2) is 9.56. The Hall–Kier alpha value is -1.59. The van der Waals surface area contributed by atoms with Crippen molar-refractivity contribution in [2.24, 2.45) is 0 Å². The summed E-state index contributed by atoms with van der Waals surface area (Å²) >= 11 is 10.2. The highest BCUT2D eigenvalue weighted by Gasteiger charge is 2.14. The van der Waals surface area contributed by atoms with Gasteiger partial charge in [0.1, 0.15) is 0 Å². The van der Waals surface area contributed by atoms with E-state index in [9.17, 15) is 0 Å². The predicted octanol–water partition coefficient (Wildman–Crippen LogP) is 6.11. The largest absolute Gasteiger partial charge is 0.493 e. The molecule has 1 aliphatic rings. The molecule has 1 saturated heterocycles. The lowest BCUT2D eigenvalue weighted by Gasteiger charge is -2.29. The van der Waals surface area contributed by atoms with E-state index in [-0.39, 0.29) is 0 Å². The lowest BCUT2D eigenvalue weighted by atomic mass is 10.1. The highest BCUT2D eigenvalue weighted by molar-refractivity contribution is 9.10. The maximum Gasteiger partial charge on any atom is 0.161 e. The molecule has 1 N–H and O–H groups in total. The zero-order valence-electron chi connectivity index (χ0n) is 15.9. The van der Waals surface area contributed by atoms with Gasteiger partial charge >= 0.3 is 0 Å². The number of anilines is 2. The minimum absolute atomic E-state index is 0.596. The molecule has 0 bridgehead atoms. The van der Waals surface area contributed by atoms with Crippen molar-refractivity contribution in [3.05, 3.63) is 45.4 Å². The molecular weight excluding hydrogens is 428 g/mol. The molecular formula is C21H26BrClN2O2. The van der Waals surface area contributed by atoms with Gasteiger partial charge in [-0.25, -0.2) is 0 Å². The number of ether oxygens (including phenoxy) is 2. The molecule has 0 aliphatic carbocycles. The quantitative estimate of drug-likeness (QED) is 0.548. The summed E-state index contributed by atoms with van der Waals surface area (Å²) in [5, 5.41) is 4.25. The van der Waals surface area contributed by atoms with Crippen molar-refractivity contribution in [2.45, 2.75) is 32.7 Å². The minimum atomic E-state index is 0.596. The molecule has 4 nitrogen and oxygen atoms in total. The van der Waals surface area contributed by atoms with E-state index in [4.69, 9.17) is 21.1 Å². The number of nitrogens with zero attached hydrogens (tertiary/aromatic N) is 1. The molecule has 0 atom stereocenters. The van der Waals surface area contributed by atoms with Gasteiger partial charge in [0.25, 0.3) is 0 Å². The molecule has 2 aromatic rings. The topological polar surface area (TPSA) is 33.7 Å². The Balaban J connectivity index is 1.71. The van der Waals surface area contributed by atoms with Crippen LogP contribution in [0, 0.1) is 0 Å². The summed E-state index contributed by atoms with van der Waals surface area (Å²) in [6.07, 6.45) is 3.79. The van der Waals surface area contributed by atoms with Gasteiger partial charge in [-0.2, -0.15) is 0 Å². The first kappa shape index (κ1) is 20.2. The number of halogens is 2. The number of benzene rings is 2. The number of hydrogen-bond donors (Lipinski definition) is 1. The number of hydrogen-bond acceptors (Lipinski definition) is 4. The van der Waals surface area contributed by atoms with Crippen LogP contribution in [0.3, 0.4) is 0 Å². The smallest absolute Gasteiger partial charge is 0.161 e. The highest BCUT2D eigenvalue weighted by atomic mass is 79.9. The normalized spacial score (nSPS) is 14.1. The third-order valence-electron chi connectivity index (χ3n) is 4.76. The summed E-state index contributed by atoms with van der Waals surface area (Å²) in [6, 6.07) is 10.2. The molecule has 0 aromatic heterocycles. The summed E-state index contributed by atoms with van der Waals surface area (Å²) in [5.74, 6) is 1.47. The van der Waals surface area contributed by atoms with Gasteiger partial charge in [-0.1, -0.05) is 27.5 Å². The summed E-state index contributed by atoms with van der Waals surface area (Å²) in [7, 11) is 1.65. The van der Waals surface area contributed by atoms with Gasteiger partial charge in [0.05, 0.1) is 24.4 Å². The molecule has 0 amide bonds. The number of rotatable bonds is 7.